The van der Waals surface area contributed by atoms with Crippen molar-refractivity contribution >= 4 is 12.0 Å². The predicted octanol–water partition coefficient (Wildman–Crippen LogP) is 2.57. The third kappa shape index (κ3) is 3.22. The molecule has 4 nitrogen and oxygen atoms in total. The van der Waals surface area contributed by atoms with Crippen LogP contribution in [0.4, 0.5) is 5.69 Å². The van der Waals surface area contributed by atoms with Crippen LogP contribution in [0.5, 0.6) is 5.75 Å². The van der Waals surface area contributed by atoms with Crippen molar-refractivity contribution < 1.29 is 5.11 Å². The average molecular weight is 221 g/mol. The van der Waals surface area contributed by atoms with Crippen molar-refractivity contribution in [2.45, 2.75) is 39.8 Å². The molecule has 0 aromatic carbocycles. The second-order valence-electron chi connectivity index (χ2n) is 4.24. The van der Waals surface area contributed by atoms with Gasteiger partial charge < -0.3 is 10.0 Å². The van der Waals surface area contributed by atoms with Gasteiger partial charge in [-0.25, -0.2) is 4.99 Å². The van der Waals surface area contributed by atoms with Gasteiger partial charge in [-0.1, -0.05) is 0 Å². The molecule has 0 unspecified atom stereocenters. The fourth-order valence-corrected chi connectivity index (χ4v) is 1.48. The van der Waals surface area contributed by atoms with Crippen LogP contribution in [-0.2, 0) is 0 Å². The fraction of sp³-hybridized carbons (Fsp3) is 0.500. The molecule has 0 fully saturated rings. The Morgan fingerprint density at radius 1 is 1.31 bits per heavy atom. The number of pyridine rings is 1. The minimum Gasteiger partial charge on any atom is -0.504 e. The van der Waals surface area contributed by atoms with Gasteiger partial charge in [0.15, 0.2) is 5.75 Å². The number of nitrogens with zero attached hydrogens (tertiary/aromatic N) is 3. The summed E-state index contributed by atoms with van der Waals surface area (Å²) in [6, 6.07) is 2.45. The summed E-state index contributed by atoms with van der Waals surface area (Å²) >= 11 is 0. The lowest BCUT2D eigenvalue weighted by Gasteiger charge is -2.28. The zero-order valence-electron chi connectivity index (χ0n) is 10.3. The van der Waals surface area contributed by atoms with E-state index in [4.69, 9.17) is 0 Å². The zero-order valence-corrected chi connectivity index (χ0v) is 10.3. The van der Waals surface area contributed by atoms with Gasteiger partial charge in [-0.2, -0.15) is 0 Å². The van der Waals surface area contributed by atoms with Crippen LogP contribution in [-0.4, -0.2) is 33.4 Å². The largest absolute Gasteiger partial charge is 0.504 e. The van der Waals surface area contributed by atoms with Gasteiger partial charge in [-0.15, -0.1) is 0 Å². The van der Waals surface area contributed by atoms with Crippen LogP contribution >= 0.6 is 0 Å². The molecule has 0 saturated heterocycles. The van der Waals surface area contributed by atoms with E-state index in [9.17, 15) is 5.11 Å². The van der Waals surface area contributed by atoms with Crippen LogP contribution in [0, 0.1) is 0 Å². The van der Waals surface area contributed by atoms with Crippen molar-refractivity contribution in [1.82, 2.24) is 9.88 Å². The van der Waals surface area contributed by atoms with E-state index in [1.165, 1.54) is 6.20 Å². The summed E-state index contributed by atoms with van der Waals surface area (Å²) in [5, 5.41) is 9.51. The van der Waals surface area contributed by atoms with Crippen molar-refractivity contribution in [3.63, 3.8) is 0 Å². The van der Waals surface area contributed by atoms with Gasteiger partial charge in [0.25, 0.3) is 0 Å². The highest BCUT2D eigenvalue weighted by molar-refractivity contribution is 5.64. The van der Waals surface area contributed by atoms with E-state index in [1.807, 2.05) is 0 Å². The Morgan fingerprint density at radius 3 is 2.44 bits per heavy atom. The Balaban J connectivity index is 2.83. The molecule has 1 heterocycles. The highest BCUT2D eigenvalue weighted by Gasteiger charge is 2.08. The molecule has 1 N–H and O–H groups in total. The van der Waals surface area contributed by atoms with Crippen LogP contribution in [0.25, 0.3) is 0 Å². The van der Waals surface area contributed by atoms with Gasteiger partial charge in [-0.3, -0.25) is 4.98 Å². The smallest absolute Gasteiger partial charge is 0.159 e. The average Bonchev–Trinajstić information content (AvgIpc) is 2.20. The number of aliphatic imine (C=N–C) groups is 1. The van der Waals surface area contributed by atoms with Crippen molar-refractivity contribution in [1.29, 1.82) is 0 Å². The first-order chi connectivity index (χ1) is 7.52. The van der Waals surface area contributed by atoms with E-state index < -0.39 is 0 Å². The Morgan fingerprint density at radius 2 is 1.94 bits per heavy atom. The maximum atomic E-state index is 9.51. The van der Waals surface area contributed by atoms with Crippen molar-refractivity contribution in [3.05, 3.63) is 18.5 Å². The quantitative estimate of drug-likeness (QED) is 0.628. The van der Waals surface area contributed by atoms with Crippen molar-refractivity contribution in [2.75, 3.05) is 0 Å². The molecule has 0 atom stereocenters. The summed E-state index contributed by atoms with van der Waals surface area (Å²) in [5.41, 5.74) is 0.543. The third-order valence-corrected chi connectivity index (χ3v) is 2.30. The van der Waals surface area contributed by atoms with E-state index in [-0.39, 0.29) is 5.75 Å². The summed E-state index contributed by atoms with van der Waals surface area (Å²) in [6.45, 7) is 8.44. The van der Waals surface area contributed by atoms with Gasteiger partial charge in [0.05, 0.1) is 12.5 Å². The number of hydrogen-bond donors (Lipinski definition) is 1. The summed E-state index contributed by atoms with van der Waals surface area (Å²) in [7, 11) is 0. The van der Waals surface area contributed by atoms with E-state index in [0.717, 1.165) is 0 Å². The van der Waals surface area contributed by atoms with Crippen LogP contribution in [0.3, 0.4) is 0 Å². The maximum absolute atomic E-state index is 9.51. The molecular weight excluding hydrogens is 202 g/mol. The van der Waals surface area contributed by atoms with Gasteiger partial charge in [-0.05, 0) is 33.8 Å². The monoisotopic (exact) mass is 221 g/mol. The van der Waals surface area contributed by atoms with Gasteiger partial charge in [0, 0.05) is 18.3 Å². The minimum absolute atomic E-state index is 0.103. The Labute approximate surface area is 96.7 Å². The molecule has 4 heteroatoms. The summed E-state index contributed by atoms with van der Waals surface area (Å²) in [4.78, 5) is 10.2. The molecule has 1 aromatic heterocycles. The molecule has 0 spiro atoms. The van der Waals surface area contributed by atoms with Crippen LogP contribution in [0.15, 0.2) is 23.5 Å². The highest BCUT2D eigenvalue weighted by atomic mass is 16.3. The molecule has 16 heavy (non-hydrogen) atoms. The Hall–Kier alpha value is -1.58. The number of aromatic nitrogens is 1. The molecule has 0 aliphatic carbocycles. The van der Waals surface area contributed by atoms with E-state index in [2.05, 4.69) is 42.6 Å². The zero-order chi connectivity index (χ0) is 12.1. The van der Waals surface area contributed by atoms with Gasteiger partial charge in [0.1, 0.15) is 5.69 Å². The lowest BCUT2D eigenvalue weighted by atomic mass is 10.2. The Kier molecular flexibility index (Phi) is 4.28. The topological polar surface area (TPSA) is 48.7 Å². The molecule has 0 saturated carbocycles. The number of aromatic hydroxyl groups is 1. The normalized spacial score (nSPS) is 11.6. The first-order valence-electron chi connectivity index (χ1n) is 5.47. The maximum Gasteiger partial charge on any atom is 0.159 e. The van der Waals surface area contributed by atoms with Crippen LogP contribution < -0.4 is 0 Å². The van der Waals surface area contributed by atoms with E-state index in [0.29, 0.717) is 17.8 Å². The van der Waals surface area contributed by atoms with E-state index in [1.54, 1.807) is 18.6 Å². The van der Waals surface area contributed by atoms with E-state index >= 15 is 0 Å². The molecule has 0 radical (unpaired) electrons. The summed E-state index contributed by atoms with van der Waals surface area (Å²) in [6.07, 6.45) is 4.77. The molecule has 0 aliphatic rings. The Bertz CT molecular complexity index is 353. The summed E-state index contributed by atoms with van der Waals surface area (Å²) in [5.74, 6) is 0.103. The molecule has 1 aromatic rings. The first-order valence-corrected chi connectivity index (χ1v) is 5.47. The third-order valence-electron chi connectivity index (χ3n) is 2.30. The second kappa shape index (κ2) is 5.49. The summed E-state index contributed by atoms with van der Waals surface area (Å²) < 4.78 is 0. The standard InChI is InChI=1S/C12H19N3O/c1-9(2)15(10(3)4)8-14-11-5-6-13-7-12(11)16/h5-10,16H,1-4H3/b14-8+. The fourth-order valence-electron chi connectivity index (χ4n) is 1.48. The van der Waals surface area contributed by atoms with Crippen molar-refractivity contribution in [3.8, 4) is 5.75 Å². The number of hydrogen-bond acceptors (Lipinski definition) is 3. The molecular formula is C12H19N3O. The second-order valence-corrected chi connectivity index (χ2v) is 4.24. The molecule has 1 rings (SSSR count). The first kappa shape index (κ1) is 12.5. The molecule has 88 valence electrons. The molecule has 0 bridgehead atoms. The van der Waals surface area contributed by atoms with Crippen molar-refractivity contribution in [2.24, 2.45) is 4.99 Å². The molecule has 0 aliphatic heterocycles. The van der Waals surface area contributed by atoms with Crippen LogP contribution in [0.1, 0.15) is 27.7 Å². The minimum atomic E-state index is 0.103. The highest BCUT2D eigenvalue weighted by Crippen LogP contribution is 2.23. The SMILES string of the molecule is CC(C)N(/C=N/c1ccncc1O)C(C)C. The predicted molar refractivity (Wildman–Crippen MR) is 66.2 cm³/mol. The lowest BCUT2D eigenvalue weighted by molar-refractivity contribution is 0.301. The van der Waals surface area contributed by atoms with Gasteiger partial charge >= 0.3 is 0 Å². The van der Waals surface area contributed by atoms with Crippen LogP contribution in [0.2, 0.25) is 0 Å². The van der Waals surface area contributed by atoms with Gasteiger partial charge in [0.2, 0.25) is 0 Å². The lowest BCUT2D eigenvalue weighted by Crippen LogP contribution is -2.35. The number of rotatable bonds is 4. The molecule has 0 amide bonds.